The van der Waals surface area contributed by atoms with Crippen LogP contribution in [0.25, 0.3) is 16.9 Å². The lowest BCUT2D eigenvalue weighted by atomic mass is 10.1. The van der Waals surface area contributed by atoms with Crippen LogP contribution in [0.5, 0.6) is 11.5 Å². The monoisotopic (exact) mass is 340 g/mol. The van der Waals surface area contributed by atoms with Gasteiger partial charge in [-0.2, -0.15) is 5.10 Å². The fourth-order valence-electron chi connectivity index (χ4n) is 2.64. The highest BCUT2D eigenvalue weighted by molar-refractivity contribution is 6.30. The van der Waals surface area contributed by atoms with Crippen molar-refractivity contribution in [1.82, 2.24) is 9.78 Å². The molecule has 0 atom stereocenters. The van der Waals surface area contributed by atoms with Gasteiger partial charge in [-0.3, -0.25) is 4.79 Å². The zero-order valence-corrected chi connectivity index (χ0v) is 13.4. The maximum absolute atomic E-state index is 11.5. The summed E-state index contributed by atoms with van der Waals surface area (Å²) in [5.74, 6) is 1.36. The number of halogens is 1. The highest BCUT2D eigenvalue weighted by Gasteiger charge is 2.17. The van der Waals surface area contributed by atoms with Crippen molar-refractivity contribution < 1.29 is 14.3 Å². The van der Waals surface area contributed by atoms with E-state index in [1.807, 2.05) is 30.3 Å². The molecule has 0 fully saturated rings. The van der Waals surface area contributed by atoms with Crippen molar-refractivity contribution in [2.75, 3.05) is 13.2 Å². The van der Waals surface area contributed by atoms with E-state index in [4.69, 9.17) is 21.1 Å². The molecule has 4 rings (SSSR count). The molecule has 0 aliphatic carbocycles. The zero-order valence-electron chi connectivity index (χ0n) is 12.6. The Morgan fingerprint density at radius 1 is 1.08 bits per heavy atom. The van der Waals surface area contributed by atoms with Crippen molar-refractivity contribution in [3.05, 3.63) is 59.2 Å². The Kier molecular flexibility index (Phi) is 3.70. The summed E-state index contributed by atoms with van der Waals surface area (Å²) in [6.07, 6.45) is 2.48. The lowest BCUT2D eigenvalue weighted by molar-refractivity contribution is 0.112. The molecule has 0 bridgehead atoms. The van der Waals surface area contributed by atoms with Crippen LogP contribution in [0.1, 0.15) is 10.4 Å². The van der Waals surface area contributed by atoms with Crippen LogP contribution >= 0.6 is 11.6 Å². The maximum Gasteiger partial charge on any atom is 0.162 e. The molecule has 2 heterocycles. The van der Waals surface area contributed by atoms with E-state index in [-0.39, 0.29) is 0 Å². The smallest absolute Gasteiger partial charge is 0.162 e. The molecular formula is C18H13ClN2O3. The number of hydrogen-bond acceptors (Lipinski definition) is 4. The van der Waals surface area contributed by atoms with Crippen LogP contribution < -0.4 is 9.47 Å². The van der Waals surface area contributed by atoms with Gasteiger partial charge >= 0.3 is 0 Å². The largest absolute Gasteiger partial charge is 0.486 e. The van der Waals surface area contributed by atoms with Crippen molar-refractivity contribution in [3.8, 4) is 28.4 Å². The van der Waals surface area contributed by atoms with E-state index in [0.717, 1.165) is 17.5 Å². The quantitative estimate of drug-likeness (QED) is 0.681. The second kappa shape index (κ2) is 6.02. The lowest BCUT2D eigenvalue weighted by Gasteiger charge is -2.18. The number of aromatic nitrogens is 2. The van der Waals surface area contributed by atoms with Gasteiger partial charge in [-0.25, -0.2) is 4.68 Å². The predicted octanol–water partition coefficient (Wildman–Crippen LogP) is 3.78. The first-order valence-corrected chi connectivity index (χ1v) is 7.83. The van der Waals surface area contributed by atoms with Crippen LogP contribution in [-0.4, -0.2) is 29.3 Å². The molecule has 24 heavy (non-hydrogen) atoms. The summed E-state index contributed by atoms with van der Waals surface area (Å²) in [7, 11) is 0. The first-order chi connectivity index (χ1) is 11.7. The molecule has 6 heteroatoms. The van der Waals surface area contributed by atoms with Crippen LogP contribution in [0.4, 0.5) is 0 Å². The van der Waals surface area contributed by atoms with Gasteiger partial charge < -0.3 is 9.47 Å². The SMILES string of the molecule is O=Cc1cn(-c2cccc(Cl)c2)nc1-c1ccc2c(c1)OCCO2. The average molecular weight is 341 g/mol. The lowest BCUT2D eigenvalue weighted by Crippen LogP contribution is -2.15. The van der Waals surface area contributed by atoms with E-state index in [2.05, 4.69) is 5.10 Å². The molecule has 2 aromatic carbocycles. The number of aldehydes is 1. The highest BCUT2D eigenvalue weighted by atomic mass is 35.5. The Hall–Kier alpha value is -2.79. The molecule has 0 N–H and O–H groups in total. The van der Waals surface area contributed by atoms with Crippen LogP contribution in [0.3, 0.4) is 0 Å². The normalized spacial score (nSPS) is 12.9. The van der Waals surface area contributed by atoms with E-state index in [9.17, 15) is 4.79 Å². The number of carbonyl (C=O) groups is 1. The number of nitrogens with zero attached hydrogens (tertiary/aromatic N) is 2. The molecule has 0 amide bonds. The number of hydrogen-bond donors (Lipinski definition) is 0. The van der Waals surface area contributed by atoms with E-state index in [1.165, 1.54) is 0 Å². The van der Waals surface area contributed by atoms with Crippen LogP contribution in [-0.2, 0) is 0 Å². The molecular weight excluding hydrogens is 328 g/mol. The second-order valence-electron chi connectivity index (χ2n) is 5.33. The van der Waals surface area contributed by atoms with Gasteiger partial charge in [0.15, 0.2) is 17.8 Å². The number of benzene rings is 2. The average Bonchev–Trinajstić information content (AvgIpc) is 3.06. The Morgan fingerprint density at radius 3 is 2.71 bits per heavy atom. The molecule has 0 radical (unpaired) electrons. The Balaban J connectivity index is 1.79. The third-order valence-corrected chi connectivity index (χ3v) is 3.99. The summed E-state index contributed by atoms with van der Waals surface area (Å²) in [5, 5.41) is 5.15. The van der Waals surface area contributed by atoms with Gasteiger partial charge in [0.2, 0.25) is 0 Å². The van der Waals surface area contributed by atoms with Crippen molar-refractivity contribution in [1.29, 1.82) is 0 Å². The van der Waals surface area contributed by atoms with Crippen LogP contribution in [0, 0.1) is 0 Å². The third-order valence-electron chi connectivity index (χ3n) is 3.76. The molecule has 0 saturated carbocycles. The van der Waals surface area contributed by atoms with Crippen molar-refractivity contribution in [3.63, 3.8) is 0 Å². The summed E-state index contributed by atoms with van der Waals surface area (Å²) in [6, 6.07) is 12.8. The summed E-state index contributed by atoms with van der Waals surface area (Å²) < 4.78 is 12.8. The molecule has 0 unspecified atom stereocenters. The minimum atomic E-state index is 0.492. The standard InChI is InChI=1S/C18H13ClN2O3/c19-14-2-1-3-15(9-14)21-10-13(11-22)18(20-21)12-4-5-16-17(8-12)24-7-6-23-16/h1-5,8-11H,6-7H2. The molecule has 0 saturated heterocycles. The number of fused-ring (bicyclic) bond motifs is 1. The van der Waals surface area contributed by atoms with Crippen molar-refractivity contribution in [2.24, 2.45) is 0 Å². The Morgan fingerprint density at radius 2 is 1.92 bits per heavy atom. The van der Waals surface area contributed by atoms with Gasteiger partial charge in [-0.1, -0.05) is 17.7 Å². The fourth-order valence-corrected chi connectivity index (χ4v) is 2.82. The molecule has 1 aliphatic heterocycles. The second-order valence-corrected chi connectivity index (χ2v) is 5.77. The van der Waals surface area contributed by atoms with Crippen LogP contribution in [0.15, 0.2) is 48.7 Å². The molecule has 5 nitrogen and oxygen atoms in total. The number of carbonyl (C=O) groups excluding carboxylic acids is 1. The van der Waals surface area contributed by atoms with Crippen molar-refractivity contribution in [2.45, 2.75) is 0 Å². The first kappa shape index (κ1) is 14.8. The zero-order chi connectivity index (χ0) is 16.5. The van der Waals surface area contributed by atoms with E-state index in [0.29, 0.717) is 41.0 Å². The van der Waals surface area contributed by atoms with Gasteiger partial charge in [0.05, 0.1) is 11.3 Å². The Labute approximate surface area is 143 Å². The number of rotatable bonds is 3. The highest BCUT2D eigenvalue weighted by Crippen LogP contribution is 2.35. The predicted molar refractivity (Wildman–Crippen MR) is 90.4 cm³/mol. The summed E-state index contributed by atoms with van der Waals surface area (Å²) in [5.41, 5.74) is 2.66. The third kappa shape index (κ3) is 2.63. The first-order valence-electron chi connectivity index (χ1n) is 7.45. The van der Waals surface area contributed by atoms with Gasteiger partial charge in [0.1, 0.15) is 18.9 Å². The van der Waals surface area contributed by atoms with Crippen molar-refractivity contribution >= 4 is 17.9 Å². The van der Waals surface area contributed by atoms with E-state index in [1.54, 1.807) is 23.0 Å². The molecule has 0 spiro atoms. The minimum absolute atomic E-state index is 0.492. The Bertz CT molecular complexity index is 920. The summed E-state index contributed by atoms with van der Waals surface area (Å²) in [4.78, 5) is 11.5. The van der Waals surface area contributed by atoms with Crippen LogP contribution in [0.2, 0.25) is 5.02 Å². The van der Waals surface area contributed by atoms with Gasteiger partial charge in [0.25, 0.3) is 0 Å². The molecule has 1 aromatic heterocycles. The molecule has 120 valence electrons. The topological polar surface area (TPSA) is 53.4 Å². The molecule has 3 aromatic rings. The van der Waals surface area contributed by atoms with E-state index >= 15 is 0 Å². The summed E-state index contributed by atoms with van der Waals surface area (Å²) in [6.45, 7) is 1.04. The fraction of sp³-hybridized carbons (Fsp3) is 0.111. The minimum Gasteiger partial charge on any atom is -0.486 e. The van der Waals surface area contributed by atoms with Gasteiger partial charge in [0, 0.05) is 16.8 Å². The summed E-state index contributed by atoms with van der Waals surface area (Å²) >= 11 is 6.03. The van der Waals surface area contributed by atoms with Gasteiger partial charge in [-0.05, 0) is 36.4 Å². The van der Waals surface area contributed by atoms with Gasteiger partial charge in [-0.15, -0.1) is 0 Å². The maximum atomic E-state index is 11.5. The van der Waals surface area contributed by atoms with E-state index < -0.39 is 0 Å². The number of ether oxygens (including phenoxy) is 2. The molecule has 1 aliphatic rings.